The number of hydrogen-bond acceptors (Lipinski definition) is 4. The molecule has 1 saturated carbocycles. The lowest BCUT2D eigenvalue weighted by Gasteiger charge is -2.36. The predicted octanol–water partition coefficient (Wildman–Crippen LogP) is 1.63. The van der Waals surface area contributed by atoms with E-state index in [2.05, 4.69) is 5.32 Å². The molecule has 0 aromatic heterocycles. The van der Waals surface area contributed by atoms with Gasteiger partial charge in [0.15, 0.2) is 0 Å². The number of alkyl carbamates (subject to hydrolysis) is 1. The first-order valence-corrected chi connectivity index (χ1v) is 6.63. The molecule has 0 aromatic carbocycles. The largest absolute Gasteiger partial charge is 0.481 e. The van der Waals surface area contributed by atoms with Crippen molar-refractivity contribution in [3.63, 3.8) is 0 Å². The number of carbonyl (C=O) groups excluding carboxylic acids is 1. The molecule has 6 heteroatoms. The highest BCUT2D eigenvalue weighted by Crippen LogP contribution is 2.33. The zero-order chi connectivity index (χ0) is 14.7. The summed E-state index contributed by atoms with van der Waals surface area (Å²) in [7, 11) is 0. The second-order valence-corrected chi connectivity index (χ2v) is 6.19. The smallest absolute Gasteiger partial charge is 0.408 e. The van der Waals surface area contributed by atoms with Crippen LogP contribution in [0, 0.1) is 0 Å². The van der Waals surface area contributed by atoms with Crippen LogP contribution in [0.2, 0.25) is 0 Å². The molecule has 0 spiro atoms. The number of rotatable bonds is 4. The van der Waals surface area contributed by atoms with Crippen LogP contribution in [0.1, 0.15) is 52.9 Å². The monoisotopic (exact) mass is 272 g/mol. The van der Waals surface area contributed by atoms with Crippen molar-refractivity contribution in [3.8, 4) is 0 Å². The van der Waals surface area contributed by atoms with E-state index in [0.29, 0.717) is 12.8 Å². The summed E-state index contributed by atoms with van der Waals surface area (Å²) in [5.74, 6) is -0.954. The molecule has 4 N–H and O–H groups in total. The summed E-state index contributed by atoms with van der Waals surface area (Å²) in [6.07, 6.45) is 2.57. The van der Waals surface area contributed by atoms with Crippen LogP contribution in [-0.2, 0) is 9.53 Å². The molecule has 110 valence electrons. The van der Waals surface area contributed by atoms with Gasteiger partial charge in [0.05, 0.1) is 12.0 Å². The van der Waals surface area contributed by atoms with E-state index in [1.54, 1.807) is 20.8 Å². The third-order valence-corrected chi connectivity index (χ3v) is 3.35. The van der Waals surface area contributed by atoms with E-state index in [1.807, 2.05) is 0 Å². The maximum absolute atomic E-state index is 11.9. The zero-order valence-corrected chi connectivity index (χ0v) is 11.9. The van der Waals surface area contributed by atoms with Crippen LogP contribution < -0.4 is 11.1 Å². The molecule has 1 atom stereocenters. The predicted molar refractivity (Wildman–Crippen MR) is 70.8 cm³/mol. The molecule has 0 radical (unpaired) electrons. The summed E-state index contributed by atoms with van der Waals surface area (Å²) in [5.41, 5.74) is 4.74. The van der Waals surface area contributed by atoms with Crippen LogP contribution >= 0.6 is 0 Å². The van der Waals surface area contributed by atoms with Crippen molar-refractivity contribution < 1.29 is 19.4 Å². The summed E-state index contributed by atoms with van der Waals surface area (Å²) >= 11 is 0. The Morgan fingerprint density at radius 1 is 1.37 bits per heavy atom. The molecule has 0 bridgehead atoms. The van der Waals surface area contributed by atoms with Gasteiger partial charge in [-0.05, 0) is 33.6 Å². The fourth-order valence-corrected chi connectivity index (χ4v) is 2.48. The Kier molecular flexibility index (Phi) is 4.79. The SMILES string of the molecule is CC(C)(C)OC(=O)NC1(C(N)CC(=O)O)CCCC1. The van der Waals surface area contributed by atoms with Crippen molar-refractivity contribution in [1.82, 2.24) is 5.32 Å². The van der Waals surface area contributed by atoms with Gasteiger partial charge >= 0.3 is 12.1 Å². The third-order valence-electron chi connectivity index (χ3n) is 3.35. The molecule has 1 fully saturated rings. The average Bonchev–Trinajstić information content (AvgIpc) is 2.63. The number of ether oxygens (including phenoxy) is 1. The van der Waals surface area contributed by atoms with E-state index in [0.717, 1.165) is 12.8 Å². The van der Waals surface area contributed by atoms with Gasteiger partial charge in [0.1, 0.15) is 5.60 Å². The van der Waals surface area contributed by atoms with E-state index in [4.69, 9.17) is 15.6 Å². The Morgan fingerprint density at radius 2 is 1.89 bits per heavy atom. The molecule has 1 rings (SSSR count). The van der Waals surface area contributed by atoms with Crippen molar-refractivity contribution in [2.75, 3.05) is 0 Å². The van der Waals surface area contributed by atoms with Gasteiger partial charge in [0.2, 0.25) is 0 Å². The number of carboxylic acid groups (broad SMARTS) is 1. The highest BCUT2D eigenvalue weighted by molar-refractivity contribution is 5.70. The third kappa shape index (κ3) is 4.70. The molecule has 0 aliphatic heterocycles. The van der Waals surface area contributed by atoms with Crippen LogP contribution in [-0.4, -0.2) is 34.4 Å². The van der Waals surface area contributed by atoms with Gasteiger partial charge in [0.25, 0.3) is 0 Å². The first-order chi connectivity index (χ1) is 8.65. The summed E-state index contributed by atoms with van der Waals surface area (Å²) < 4.78 is 5.23. The minimum atomic E-state index is -0.954. The molecule has 1 aliphatic carbocycles. The molecule has 6 nitrogen and oxygen atoms in total. The van der Waals surface area contributed by atoms with E-state index >= 15 is 0 Å². The highest BCUT2D eigenvalue weighted by atomic mass is 16.6. The Labute approximate surface area is 113 Å². The number of carbonyl (C=O) groups is 2. The Bertz CT molecular complexity index is 343. The van der Waals surface area contributed by atoms with Gasteiger partial charge in [-0.1, -0.05) is 12.8 Å². The van der Waals surface area contributed by atoms with Crippen molar-refractivity contribution >= 4 is 12.1 Å². The minimum absolute atomic E-state index is 0.157. The minimum Gasteiger partial charge on any atom is -0.481 e. The quantitative estimate of drug-likeness (QED) is 0.722. The second kappa shape index (κ2) is 5.77. The fraction of sp³-hybridized carbons (Fsp3) is 0.846. The Hall–Kier alpha value is -1.30. The van der Waals surface area contributed by atoms with Crippen LogP contribution in [0.5, 0.6) is 0 Å². The molecule has 0 heterocycles. The van der Waals surface area contributed by atoms with Crippen molar-refractivity contribution in [3.05, 3.63) is 0 Å². The first-order valence-electron chi connectivity index (χ1n) is 6.63. The fourth-order valence-electron chi connectivity index (χ4n) is 2.48. The van der Waals surface area contributed by atoms with Gasteiger partial charge in [-0.25, -0.2) is 4.79 Å². The number of nitrogens with one attached hydrogen (secondary N) is 1. The van der Waals surface area contributed by atoms with E-state index in [9.17, 15) is 9.59 Å². The van der Waals surface area contributed by atoms with Crippen LogP contribution in [0.4, 0.5) is 4.79 Å². The summed E-state index contributed by atoms with van der Waals surface area (Å²) in [4.78, 5) is 22.7. The standard InChI is InChI=1S/C13H24N2O4/c1-12(2,3)19-11(18)15-13(6-4-5-7-13)9(14)8-10(16)17/h9H,4-8,14H2,1-3H3,(H,15,18)(H,16,17). The molecule has 0 saturated heterocycles. The number of nitrogens with two attached hydrogens (primary N) is 1. The molecule has 1 aliphatic rings. The van der Waals surface area contributed by atoms with Crippen LogP contribution in [0.15, 0.2) is 0 Å². The Balaban J connectivity index is 2.71. The maximum Gasteiger partial charge on any atom is 0.408 e. The number of hydrogen-bond donors (Lipinski definition) is 3. The Morgan fingerprint density at radius 3 is 2.32 bits per heavy atom. The van der Waals surface area contributed by atoms with Crippen LogP contribution in [0.25, 0.3) is 0 Å². The topological polar surface area (TPSA) is 102 Å². The normalized spacial score (nSPS) is 19.8. The van der Waals surface area contributed by atoms with Crippen molar-refractivity contribution in [1.29, 1.82) is 0 Å². The number of carboxylic acids is 1. The van der Waals surface area contributed by atoms with Crippen molar-refractivity contribution in [2.24, 2.45) is 5.73 Å². The summed E-state index contributed by atoms with van der Waals surface area (Å²) in [6, 6.07) is -0.597. The van der Waals surface area contributed by atoms with Crippen LogP contribution in [0.3, 0.4) is 0 Å². The van der Waals surface area contributed by atoms with E-state index < -0.39 is 29.2 Å². The maximum atomic E-state index is 11.9. The van der Waals surface area contributed by atoms with Gasteiger partial charge in [0, 0.05) is 6.04 Å². The molecule has 19 heavy (non-hydrogen) atoms. The molecular formula is C13H24N2O4. The lowest BCUT2D eigenvalue weighted by molar-refractivity contribution is -0.137. The lowest BCUT2D eigenvalue weighted by Crippen LogP contribution is -2.59. The van der Waals surface area contributed by atoms with Gasteiger partial charge in [-0.2, -0.15) is 0 Å². The summed E-state index contributed by atoms with van der Waals surface area (Å²) in [5, 5.41) is 11.7. The number of aliphatic carboxylic acids is 1. The van der Waals surface area contributed by atoms with Gasteiger partial charge in [-0.15, -0.1) is 0 Å². The summed E-state index contributed by atoms with van der Waals surface area (Å²) in [6.45, 7) is 5.35. The molecular weight excluding hydrogens is 248 g/mol. The van der Waals surface area contributed by atoms with E-state index in [1.165, 1.54) is 0 Å². The average molecular weight is 272 g/mol. The van der Waals surface area contributed by atoms with Gasteiger partial charge < -0.3 is 20.9 Å². The molecule has 0 aromatic rings. The number of amides is 1. The highest BCUT2D eigenvalue weighted by Gasteiger charge is 2.42. The first kappa shape index (κ1) is 15.8. The van der Waals surface area contributed by atoms with Crippen molar-refractivity contribution in [2.45, 2.75) is 70.1 Å². The second-order valence-electron chi connectivity index (χ2n) is 6.19. The van der Waals surface area contributed by atoms with E-state index in [-0.39, 0.29) is 6.42 Å². The van der Waals surface area contributed by atoms with Gasteiger partial charge in [-0.3, -0.25) is 4.79 Å². The molecule has 1 amide bonds. The molecule has 1 unspecified atom stereocenters. The zero-order valence-electron chi connectivity index (χ0n) is 11.9. The lowest BCUT2D eigenvalue weighted by atomic mass is 9.87.